The number of hydrogen-bond acceptors (Lipinski definition) is 11. The first-order valence-electron chi connectivity index (χ1n) is 27.1. The molecule has 0 amide bonds. The number of likely N-dealkylation sites (N-methyl/N-ethyl adjacent to an activating group) is 1. The normalized spacial score (nSPS) is 31.6. The summed E-state index contributed by atoms with van der Waals surface area (Å²) in [6.45, 7) is 21.6. The van der Waals surface area contributed by atoms with Gasteiger partial charge in [-0.05, 0) is 178 Å². The second kappa shape index (κ2) is 22.2. The number of carbonyl (C=O) groups is 4. The molecule has 408 valence electrons. The first-order valence-corrected chi connectivity index (χ1v) is 27.1. The molecule has 2 aromatic carbocycles. The van der Waals surface area contributed by atoms with Gasteiger partial charge in [0.2, 0.25) is 0 Å². The van der Waals surface area contributed by atoms with Crippen molar-refractivity contribution in [3.63, 3.8) is 0 Å². The third kappa shape index (κ3) is 10.7. The molecule has 0 aromatic heterocycles. The topological polar surface area (TPSA) is 182 Å². The molecule has 5 aliphatic rings. The van der Waals surface area contributed by atoms with E-state index in [-0.39, 0.29) is 75.5 Å². The van der Waals surface area contributed by atoms with Crippen LogP contribution in [0.1, 0.15) is 157 Å². The molecule has 0 saturated heterocycles. The lowest BCUT2D eigenvalue weighted by Crippen LogP contribution is -2.66. The zero-order valence-electron chi connectivity index (χ0n) is 47.2. The van der Waals surface area contributed by atoms with E-state index in [1.54, 1.807) is 28.4 Å². The molecule has 74 heavy (non-hydrogen) atoms. The van der Waals surface area contributed by atoms with Gasteiger partial charge in [0.25, 0.3) is 0 Å². The number of hydrogen-bond donors (Lipinski definition) is 2. The minimum absolute atomic E-state index is 0.0233. The maximum Gasteiger partial charge on any atom is 0.309 e. The Labute approximate surface area is 442 Å². The Morgan fingerprint density at radius 3 is 2.01 bits per heavy atom. The number of benzene rings is 2. The summed E-state index contributed by atoms with van der Waals surface area (Å²) in [5.74, 6) is 1.12. The number of nitriles is 1. The van der Waals surface area contributed by atoms with Crippen molar-refractivity contribution in [1.29, 1.82) is 5.26 Å². The average Bonchev–Trinajstić information content (AvgIpc) is 3.35. The summed E-state index contributed by atoms with van der Waals surface area (Å²) in [5, 5.41) is 29.3. The van der Waals surface area contributed by atoms with E-state index >= 15 is 0 Å². The number of rotatable bonds is 18. The van der Waals surface area contributed by atoms with Crippen LogP contribution in [0.3, 0.4) is 0 Å². The van der Waals surface area contributed by atoms with Gasteiger partial charge in [0.15, 0.2) is 28.8 Å². The van der Waals surface area contributed by atoms with Gasteiger partial charge in [0.1, 0.15) is 6.10 Å². The van der Waals surface area contributed by atoms with Gasteiger partial charge in [-0.3, -0.25) is 19.2 Å². The van der Waals surface area contributed by atoms with Crippen LogP contribution in [0.4, 0.5) is 0 Å². The van der Waals surface area contributed by atoms with Gasteiger partial charge < -0.3 is 38.8 Å². The van der Waals surface area contributed by atoms with E-state index < -0.39 is 28.7 Å². The molecule has 4 saturated carbocycles. The van der Waals surface area contributed by atoms with E-state index in [0.717, 1.165) is 87.9 Å². The van der Waals surface area contributed by atoms with Crippen LogP contribution in [0.5, 0.6) is 23.0 Å². The van der Waals surface area contributed by atoms with E-state index in [4.69, 9.17) is 28.8 Å². The fourth-order valence-electron chi connectivity index (χ4n) is 15.2. The Kier molecular flexibility index (Phi) is 17.5. The number of carbonyl (C=O) groups excluding carboxylic acids is 2. The van der Waals surface area contributed by atoms with Crippen molar-refractivity contribution in [2.45, 2.75) is 164 Å². The first-order chi connectivity index (χ1) is 34.7. The van der Waals surface area contributed by atoms with Crippen LogP contribution in [-0.2, 0) is 35.8 Å². The molecule has 13 heteroatoms. The third-order valence-electron chi connectivity index (χ3n) is 20.3. The lowest BCUT2D eigenvalue weighted by atomic mass is 9.33. The van der Waals surface area contributed by atoms with Gasteiger partial charge in [-0.2, -0.15) is 5.26 Å². The number of ketones is 1. The number of allylic oxidation sites excluding steroid dienone is 2. The number of ether oxygens (including phenoxy) is 5. The minimum Gasteiger partial charge on any atom is -0.493 e. The molecule has 0 bridgehead atoms. The van der Waals surface area contributed by atoms with Gasteiger partial charge in [0, 0.05) is 17.9 Å². The number of carboxylic acid groups (broad SMARTS) is 2. The van der Waals surface area contributed by atoms with Crippen LogP contribution >= 0.6 is 0 Å². The molecule has 0 aliphatic heterocycles. The summed E-state index contributed by atoms with van der Waals surface area (Å²) in [6.07, 6.45) is 11.4. The lowest BCUT2D eigenvalue weighted by molar-refractivity contribution is -0.211. The molecule has 13 nitrogen and oxygen atoms in total. The Balaban J connectivity index is 0.000000247. The summed E-state index contributed by atoms with van der Waals surface area (Å²) in [7, 11) is 8.67. The fraction of sp³-hybridized carbons (Fsp3) is 0.689. The summed E-state index contributed by atoms with van der Waals surface area (Å²) in [5.41, 5.74) is 1.05. The lowest BCUT2D eigenvalue weighted by Gasteiger charge is -2.70. The smallest absolute Gasteiger partial charge is 0.309 e. The summed E-state index contributed by atoms with van der Waals surface area (Å²) < 4.78 is 27.5. The molecule has 2 aromatic rings. The van der Waals surface area contributed by atoms with Crippen molar-refractivity contribution in [2.75, 3.05) is 48.6 Å². The number of aliphatic carboxylic acids is 2. The van der Waals surface area contributed by atoms with Crippen LogP contribution in [0, 0.1) is 67.5 Å². The van der Waals surface area contributed by atoms with Gasteiger partial charge >= 0.3 is 17.9 Å². The van der Waals surface area contributed by atoms with Gasteiger partial charge in [-0.1, -0.05) is 73.1 Å². The number of carboxylic acids is 2. The van der Waals surface area contributed by atoms with E-state index in [1.165, 1.54) is 11.1 Å². The van der Waals surface area contributed by atoms with Gasteiger partial charge in [-0.15, -0.1) is 0 Å². The molecule has 5 aliphatic carbocycles. The predicted molar refractivity (Wildman–Crippen MR) is 285 cm³/mol. The van der Waals surface area contributed by atoms with Crippen LogP contribution in [0.25, 0.3) is 0 Å². The van der Waals surface area contributed by atoms with E-state index in [0.29, 0.717) is 30.8 Å². The summed E-state index contributed by atoms with van der Waals surface area (Å²) in [4.78, 5) is 52.6. The molecule has 1 unspecified atom stereocenters. The second-order valence-electron chi connectivity index (χ2n) is 24.9. The van der Waals surface area contributed by atoms with Crippen LogP contribution < -0.4 is 18.9 Å². The van der Waals surface area contributed by atoms with Crippen molar-refractivity contribution in [3.05, 3.63) is 59.2 Å². The van der Waals surface area contributed by atoms with Gasteiger partial charge in [0.05, 0.1) is 58.2 Å². The first kappa shape index (κ1) is 58.2. The van der Waals surface area contributed by atoms with Crippen molar-refractivity contribution in [1.82, 2.24) is 4.90 Å². The van der Waals surface area contributed by atoms with Crippen molar-refractivity contribution in [2.24, 2.45) is 56.2 Å². The molecule has 0 radical (unpaired) electrons. The van der Waals surface area contributed by atoms with E-state index in [1.807, 2.05) is 43.3 Å². The predicted octanol–water partition coefficient (Wildman–Crippen LogP) is 11.9. The highest BCUT2D eigenvalue weighted by Crippen LogP contribution is 2.75. The Morgan fingerprint density at radius 1 is 0.797 bits per heavy atom. The highest BCUT2D eigenvalue weighted by Gasteiger charge is 2.70. The number of nitrogens with zero attached hydrogens (tertiary/aromatic N) is 2. The highest BCUT2D eigenvalue weighted by molar-refractivity contribution is 5.95. The van der Waals surface area contributed by atoms with Crippen molar-refractivity contribution < 1.29 is 53.1 Å². The van der Waals surface area contributed by atoms with Gasteiger partial charge in [-0.25, -0.2) is 0 Å². The average molecular weight is 1030 g/mol. The fourth-order valence-corrected chi connectivity index (χ4v) is 15.2. The zero-order chi connectivity index (χ0) is 54.8. The maximum absolute atomic E-state index is 14.5. The number of esters is 1. The SMILES string of the molecule is CC1(C)[C@@H](OC(=O)CCC(=O)O)CC[C@]2(C)[C@H]3C(=O)C=C4[C@@H]5C[C@@](C)(C(=O)O)CC[C@]5(C)CC[C@@]4(C)[C@]3(C)CC[C@@H]12.COc1ccc(CCN(C)CCCC(C#N)(c2ccc(OC)c(OC)c2)C(C)C)cc1OC. The second-order valence-corrected chi connectivity index (χ2v) is 24.9. The molecule has 0 spiro atoms. The molecular weight excluding hydrogens is 937 g/mol. The van der Waals surface area contributed by atoms with E-state index in [2.05, 4.69) is 79.5 Å². The Hall–Kier alpha value is -5.09. The van der Waals surface area contributed by atoms with Crippen molar-refractivity contribution in [3.8, 4) is 29.1 Å². The van der Waals surface area contributed by atoms with Crippen molar-refractivity contribution >= 4 is 23.7 Å². The molecule has 2 N–H and O–H groups in total. The van der Waals surface area contributed by atoms with E-state index in [9.17, 15) is 29.5 Å². The quantitative estimate of drug-likeness (QED) is 0.135. The van der Waals surface area contributed by atoms with Crippen LogP contribution in [0.15, 0.2) is 48.0 Å². The summed E-state index contributed by atoms with van der Waals surface area (Å²) >= 11 is 0. The number of methoxy groups -OCH3 is 4. The number of fused-ring (bicyclic) bond motifs is 7. The molecular formula is C61H88N2O11. The molecule has 0 heterocycles. The Bertz CT molecular complexity index is 2480. The summed E-state index contributed by atoms with van der Waals surface area (Å²) in [6, 6.07) is 14.5. The highest BCUT2D eigenvalue weighted by atomic mass is 16.5. The molecule has 4 fully saturated rings. The van der Waals surface area contributed by atoms with Crippen LogP contribution in [0.2, 0.25) is 0 Å². The molecule has 10 atom stereocenters. The maximum atomic E-state index is 14.5. The van der Waals surface area contributed by atoms with Crippen LogP contribution in [-0.4, -0.2) is 93.5 Å². The standard InChI is InChI=1S/C34H50O7.C27H38N2O4/c1-29(2)23-10-13-34(7)27(32(23,5)12-11-24(29)41-26(38)9-8-25(36)37)22(35)18-20-21-19-31(4,28(39)40)15-14-30(21,3)16-17-33(20,34)6;1-20(2)27(19-28,22-10-12-24(31-5)26(18-22)33-7)14-8-15-29(3)16-13-21-9-11-23(30-4)25(17-21)32-6/h18,21,23-24,27H,8-17,19H2,1-7H3,(H,36,37)(H,39,40);9-12,17-18,20H,8,13-16H2,1-7H3/t21-,23-,24-,27+,30+,31-,32-,33+,34+;/m0./s1. The largest absolute Gasteiger partial charge is 0.493 e. The monoisotopic (exact) mass is 1020 g/mol. The Morgan fingerprint density at radius 2 is 1.42 bits per heavy atom. The molecule has 7 rings (SSSR count). The third-order valence-corrected chi connectivity index (χ3v) is 20.3. The zero-order valence-corrected chi connectivity index (χ0v) is 47.2. The minimum atomic E-state index is -1.01.